The Balaban J connectivity index is 2.81. The highest BCUT2D eigenvalue weighted by Crippen LogP contribution is 2.18. The first kappa shape index (κ1) is 16.1. The first-order valence-electron chi connectivity index (χ1n) is 6.22. The minimum absolute atomic E-state index is 0.0550. The van der Waals surface area contributed by atoms with Gasteiger partial charge < -0.3 is 10.2 Å². The molecule has 106 valence electrons. The molecule has 0 bridgehead atoms. The summed E-state index contributed by atoms with van der Waals surface area (Å²) in [6.07, 6.45) is 0. The summed E-state index contributed by atoms with van der Waals surface area (Å²) >= 11 is 3.21. The van der Waals surface area contributed by atoms with Crippen LogP contribution in [0, 0.1) is 11.7 Å². The van der Waals surface area contributed by atoms with Gasteiger partial charge >= 0.3 is 0 Å². The lowest BCUT2D eigenvalue weighted by molar-refractivity contribution is 0.0916. The lowest BCUT2D eigenvalue weighted by atomic mass is 10.0. The topological polar surface area (TPSA) is 32.3 Å². The lowest BCUT2D eigenvalue weighted by Crippen LogP contribution is -2.45. The maximum absolute atomic E-state index is 13.0. The molecule has 1 aromatic rings. The predicted molar refractivity (Wildman–Crippen MR) is 78.7 cm³/mol. The summed E-state index contributed by atoms with van der Waals surface area (Å²) in [6.45, 7) is 4.89. The van der Waals surface area contributed by atoms with Gasteiger partial charge in [0.15, 0.2) is 0 Å². The van der Waals surface area contributed by atoms with E-state index in [0.29, 0.717) is 16.0 Å². The summed E-state index contributed by atoms with van der Waals surface area (Å²) in [7, 11) is 3.94. The number of amides is 1. The fraction of sp³-hybridized carbons (Fsp3) is 0.500. The number of carbonyl (C=O) groups excluding carboxylic acids is 1. The van der Waals surface area contributed by atoms with E-state index in [2.05, 4.69) is 35.1 Å². The molecular weight excluding hydrogens is 311 g/mol. The zero-order chi connectivity index (χ0) is 14.6. The average Bonchev–Trinajstić information content (AvgIpc) is 2.26. The lowest BCUT2D eigenvalue weighted by Gasteiger charge is -2.25. The third kappa shape index (κ3) is 4.91. The average molecular weight is 331 g/mol. The standard InChI is InChI=1S/C14H20BrFN2O/c1-9(2)13(8-18(3)4)17-14(19)11-6-5-10(16)7-12(11)15/h5-7,9,13H,8H2,1-4H3,(H,17,19). The molecule has 0 fully saturated rings. The van der Waals surface area contributed by atoms with Crippen molar-refractivity contribution in [2.45, 2.75) is 19.9 Å². The van der Waals surface area contributed by atoms with Crippen LogP contribution in [0.4, 0.5) is 4.39 Å². The monoisotopic (exact) mass is 330 g/mol. The summed E-state index contributed by atoms with van der Waals surface area (Å²) in [6, 6.07) is 4.13. The fourth-order valence-corrected chi connectivity index (χ4v) is 2.27. The highest BCUT2D eigenvalue weighted by atomic mass is 79.9. The van der Waals surface area contributed by atoms with Crippen molar-refractivity contribution in [1.29, 1.82) is 0 Å². The minimum atomic E-state index is -0.364. The Labute approximate surface area is 122 Å². The maximum atomic E-state index is 13.0. The number of halogens is 2. The molecule has 0 aromatic heterocycles. The highest BCUT2D eigenvalue weighted by molar-refractivity contribution is 9.10. The van der Waals surface area contributed by atoms with Crippen molar-refractivity contribution < 1.29 is 9.18 Å². The van der Waals surface area contributed by atoms with Gasteiger partial charge in [0.2, 0.25) is 0 Å². The van der Waals surface area contributed by atoms with Gasteiger partial charge in [-0.25, -0.2) is 4.39 Å². The first-order valence-corrected chi connectivity index (χ1v) is 7.01. The van der Waals surface area contributed by atoms with Gasteiger partial charge in [0, 0.05) is 17.1 Å². The van der Waals surface area contributed by atoms with Crippen LogP contribution in [0.25, 0.3) is 0 Å². The van der Waals surface area contributed by atoms with Gasteiger partial charge in [0.1, 0.15) is 5.82 Å². The zero-order valence-corrected chi connectivity index (χ0v) is 13.3. The first-order chi connectivity index (χ1) is 8.81. The molecule has 0 aliphatic rings. The number of likely N-dealkylation sites (N-methyl/N-ethyl adjacent to an activating group) is 1. The number of hydrogen-bond donors (Lipinski definition) is 1. The van der Waals surface area contributed by atoms with E-state index in [1.807, 2.05) is 19.0 Å². The molecule has 19 heavy (non-hydrogen) atoms. The molecular formula is C14H20BrFN2O. The number of nitrogens with one attached hydrogen (secondary N) is 1. The van der Waals surface area contributed by atoms with Gasteiger partial charge in [-0.1, -0.05) is 13.8 Å². The van der Waals surface area contributed by atoms with Gasteiger partial charge in [-0.3, -0.25) is 4.79 Å². The smallest absolute Gasteiger partial charge is 0.252 e. The van der Waals surface area contributed by atoms with E-state index in [1.54, 1.807) is 0 Å². The molecule has 0 spiro atoms. The Morgan fingerprint density at radius 3 is 2.53 bits per heavy atom. The van der Waals surface area contributed by atoms with Gasteiger partial charge in [0.05, 0.1) is 5.56 Å². The normalized spacial score (nSPS) is 12.8. The van der Waals surface area contributed by atoms with Crippen molar-refractivity contribution in [2.75, 3.05) is 20.6 Å². The van der Waals surface area contributed by atoms with Crippen LogP contribution >= 0.6 is 15.9 Å². The number of carbonyl (C=O) groups is 1. The van der Waals surface area contributed by atoms with E-state index in [1.165, 1.54) is 18.2 Å². The summed E-state index contributed by atoms with van der Waals surface area (Å²) in [5.41, 5.74) is 0.450. The second-order valence-electron chi connectivity index (χ2n) is 5.21. The van der Waals surface area contributed by atoms with Crippen molar-refractivity contribution in [2.24, 2.45) is 5.92 Å². The molecule has 5 heteroatoms. The molecule has 0 radical (unpaired) electrons. The van der Waals surface area contributed by atoms with Crippen LogP contribution in [0.5, 0.6) is 0 Å². The van der Waals surface area contributed by atoms with E-state index in [4.69, 9.17) is 0 Å². The van der Waals surface area contributed by atoms with Crippen LogP contribution in [0.15, 0.2) is 22.7 Å². The van der Waals surface area contributed by atoms with Crippen molar-refractivity contribution in [3.63, 3.8) is 0 Å². The van der Waals surface area contributed by atoms with Gasteiger partial charge in [-0.05, 0) is 54.1 Å². The Morgan fingerprint density at radius 1 is 1.42 bits per heavy atom. The summed E-state index contributed by atoms with van der Waals surface area (Å²) < 4.78 is 13.5. The third-order valence-electron chi connectivity index (χ3n) is 2.86. The van der Waals surface area contributed by atoms with E-state index < -0.39 is 0 Å². The molecule has 0 saturated carbocycles. The molecule has 1 rings (SSSR count). The molecule has 0 aliphatic carbocycles. The van der Waals surface area contributed by atoms with E-state index >= 15 is 0 Å². The SMILES string of the molecule is CC(C)C(CN(C)C)NC(=O)c1ccc(F)cc1Br. The molecule has 1 unspecified atom stereocenters. The zero-order valence-electron chi connectivity index (χ0n) is 11.7. The molecule has 0 saturated heterocycles. The summed E-state index contributed by atoms with van der Waals surface area (Å²) in [5.74, 6) is -0.227. The van der Waals surface area contributed by atoms with Crippen LogP contribution in [0.1, 0.15) is 24.2 Å². The van der Waals surface area contributed by atoms with Crippen LogP contribution in [0.3, 0.4) is 0 Å². The predicted octanol–water partition coefficient (Wildman–Crippen LogP) is 2.90. The Morgan fingerprint density at radius 2 is 2.05 bits per heavy atom. The van der Waals surface area contributed by atoms with Crippen LogP contribution in [-0.4, -0.2) is 37.5 Å². The van der Waals surface area contributed by atoms with Crippen molar-refractivity contribution in [3.05, 3.63) is 34.1 Å². The molecule has 0 heterocycles. The fourth-order valence-electron chi connectivity index (χ4n) is 1.74. The minimum Gasteiger partial charge on any atom is -0.348 e. The van der Waals surface area contributed by atoms with Gasteiger partial charge in [0.25, 0.3) is 5.91 Å². The van der Waals surface area contributed by atoms with Crippen molar-refractivity contribution in [1.82, 2.24) is 10.2 Å². The van der Waals surface area contributed by atoms with Crippen LogP contribution < -0.4 is 5.32 Å². The highest BCUT2D eigenvalue weighted by Gasteiger charge is 2.19. The molecule has 1 amide bonds. The number of rotatable bonds is 5. The number of hydrogen-bond acceptors (Lipinski definition) is 2. The summed E-state index contributed by atoms with van der Waals surface area (Å²) in [4.78, 5) is 14.2. The Bertz CT molecular complexity index is 449. The molecule has 1 aromatic carbocycles. The summed E-state index contributed by atoms with van der Waals surface area (Å²) in [5, 5.41) is 2.99. The van der Waals surface area contributed by atoms with Gasteiger partial charge in [-0.2, -0.15) is 0 Å². The van der Waals surface area contributed by atoms with Crippen LogP contribution in [0.2, 0.25) is 0 Å². The second kappa shape index (κ2) is 7.01. The van der Waals surface area contributed by atoms with Crippen molar-refractivity contribution in [3.8, 4) is 0 Å². The molecule has 3 nitrogen and oxygen atoms in total. The van der Waals surface area contributed by atoms with E-state index in [9.17, 15) is 9.18 Å². The number of benzene rings is 1. The number of nitrogens with zero attached hydrogens (tertiary/aromatic N) is 1. The van der Waals surface area contributed by atoms with Crippen LogP contribution in [-0.2, 0) is 0 Å². The maximum Gasteiger partial charge on any atom is 0.252 e. The molecule has 0 aliphatic heterocycles. The third-order valence-corrected chi connectivity index (χ3v) is 3.51. The Hall–Kier alpha value is -0.940. The van der Waals surface area contributed by atoms with E-state index in [0.717, 1.165) is 6.54 Å². The molecule has 1 atom stereocenters. The quantitative estimate of drug-likeness (QED) is 0.900. The second-order valence-corrected chi connectivity index (χ2v) is 6.06. The largest absolute Gasteiger partial charge is 0.348 e. The molecule has 1 N–H and O–H groups in total. The Kier molecular flexibility index (Phi) is 5.94. The van der Waals surface area contributed by atoms with Crippen molar-refractivity contribution >= 4 is 21.8 Å². The van der Waals surface area contributed by atoms with E-state index in [-0.39, 0.29) is 17.8 Å². The van der Waals surface area contributed by atoms with Gasteiger partial charge in [-0.15, -0.1) is 0 Å².